The maximum atomic E-state index is 13.4. The molecule has 13 nitrogen and oxygen atoms in total. The minimum atomic E-state index is -4.24. The summed E-state index contributed by atoms with van der Waals surface area (Å²) < 4.78 is 29.4. The Bertz CT molecular complexity index is 1950. The summed E-state index contributed by atoms with van der Waals surface area (Å²) in [6.45, 7) is 0. The molecule has 0 fully saturated rings. The Labute approximate surface area is 251 Å². The number of aliphatic carboxylic acids is 2. The van der Waals surface area contributed by atoms with Gasteiger partial charge in [-0.2, -0.15) is 4.31 Å². The first-order valence-electron chi connectivity index (χ1n) is 13.4. The molecule has 3 aromatic carbocycles. The van der Waals surface area contributed by atoms with Crippen LogP contribution in [-0.4, -0.2) is 69.0 Å². The number of nitrogens with one attached hydrogen (secondary N) is 1. The molecule has 1 aromatic heterocycles. The summed E-state index contributed by atoms with van der Waals surface area (Å²) in [5.74, 6) is -3.66. The Morgan fingerprint density at radius 1 is 0.909 bits per heavy atom. The number of sulfonamides is 1. The number of fused-ring (bicyclic) bond motifs is 1. The van der Waals surface area contributed by atoms with Gasteiger partial charge in [-0.25, -0.2) is 22.6 Å². The molecule has 1 amide bonds. The lowest BCUT2D eigenvalue weighted by Crippen LogP contribution is -2.52. The molecule has 0 aliphatic rings. The van der Waals surface area contributed by atoms with E-state index in [1.165, 1.54) is 48.1 Å². The van der Waals surface area contributed by atoms with Gasteiger partial charge in [0, 0.05) is 44.6 Å². The number of amides is 1. The summed E-state index contributed by atoms with van der Waals surface area (Å²) in [7, 11) is -1.61. The highest BCUT2D eigenvalue weighted by Gasteiger charge is 2.35. The largest absolute Gasteiger partial charge is 0.481 e. The average Bonchev–Trinajstić information content (AvgIpc) is 2.99. The average molecular weight is 623 g/mol. The van der Waals surface area contributed by atoms with Gasteiger partial charge in [0.05, 0.1) is 10.6 Å². The van der Waals surface area contributed by atoms with Crippen LogP contribution < -0.4 is 16.6 Å². The maximum absolute atomic E-state index is 13.4. The van der Waals surface area contributed by atoms with E-state index < -0.39 is 64.0 Å². The van der Waals surface area contributed by atoms with Crippen molar-refractivity contribution in [3.8, 4) is 5.69 Å². The summed E-state index contributed by atoms with van der Waals surface area (Å²) in [4.78, 5) is 62.4. The minimum absolute atomic E-state index is 0.121. The first-order chi connectivity index (χ1) is 20.8. The summed E-state index contributed by atoms with van der Waals surface area (Å²) in [5.41, 5.74) is -0.380. The van der Waals surface area contributed by atoms with E-state index in [-0.39, 0.29) is 17.0 Å². The molecule has 3 N–H and O–H groups in total. The Morgan fingerprint density at radius 3 is 2.23 bits per heavy atom. The molecule has 0 saturated carbocycles. The SMILES string of the molecule is CN([C@H](CCC(=O)O)C(=O)N[C@@H](Cc1cccc2c(-n3c(=O)ccn(C)c3=O)cccc12)C(=O)O)S(=O)(=O)c1ccccc1. The summed E-state index contributed by atoms with van der Waals surface area (Å²) in [6.07, 6.45) is 0.151. The van der Waals surface area contributed by atoms with E-state index in [1.54, 1.807) is 42.5 Å². The van der Waals surface area contributed by atoms with Crippen LogP contribution in [0.25, 0.3) is 16.5 Å². The van der Waals surface area contributed by atoms with Gasteiger partial charge in [-0.05, 0) is 35.6 Å². The van der Waals surface area contributed by atoms with Crippen LogP contribution in [0.4, 0.5) is 0 Å². The molecule has 0 unspecified atom stereocenters. The fourth-order valence-corrected chi connectivity index (χ4v) is 6.24. The van der Waals surface area contributed by atoms with Crippen molar-refractivity contribution < 1.29 is 33.0 Å². The summed E-state index contributed by atoms with van der Waals surface area (Å²) in [6, 6.07) is 15.2. The highest BCUT2D eigenvalue weighted by atomic mass is 32.2. The van der Waals surface area contributed by atoms with Crippen molar-refractivity contribution in [3.63, 3.8) is 0 Å². The van der Waals surface area contributed by atoms with Crippen LogP contribution in [0.1, 0.15) is 18.4 Å². The maximum Gasteiger partial charge on any atom is 0.335 e. The predicted molar refractivity (Wildman–Crippen MR) is 160 cm³/mol. The third-order valence-electron chi connectivity index (χ3n) is 7.22. The second kappa shape index (κ2) is 13.1. The van der Waals surface area contributed by atoms with Crippen LogP contribution in [0, 0.1) is 0 Å². The Kier molecular flexibility index (Phi) is 9.45. The van der Waals surface area contributed by atoms with E-state index in [9.17, 15) is 42.6 Å². The highest BCUT2D eigenvalue weighted by molar-refractivity contribution is 7.89. The van der Waals surface area contributed by atoms with Crippen LogP contribution in [0.5, 0.6) is 0 Å². The van der Waals surface area contributed by atoms with Gasteiger partial charge in [0.2, 0.25) is 15.9 Å². The molecular formula is C30H30N4O9S. The second-order valence-electron chi connectivity index (χ2n) is 10.1. The summed E-state index contributed by atoms with van der Waals surface area (Å²) >= 11 is 0. The molecule has 230 valence electrons. The molecule has 0 spiro atoms. The number of rotatable bonds is 12. The van der Waals surface area contributed by atoms with Crippen molar-refractivity contribution in [1.29, 1.82) is 0 Å². The molecule has 14 heteroatoms. The summed E-state index contributed by atoms with van der Waals surface area (Å²) in [5, 5.41) is 22.7. The monoisotopic (exact) mass is 622 g/mol. The van der Waals surface area contributed by atoms with E-state index in [0.717, 1.165) is 15.9 Å². The minimum Gasteiger partial charge on any atom is -0.481 e. The van der Waals surface area contributed by atoms with E-state index in [0.29, 0.717) is 16.3 Å². The van der Waals surface area contributed by atoms with E-state index in [2.05, 4.69) is 5.32 Å². The van der Waals surface area contributed by atoms with Gasteiger partial charge in [-0.3, -0.25) is 14.4 Å². The van der Waals surface area contributed by atoms with Crippen molar-refractivity contribution in [2.24, 2.45) is 7.05 Å². The zero-order valence-electron chi connectivity index (χ0n) is 23.8. The topological polar surface area (TPSA) is 185 Å². The molecule has 0 radical (unpaired) electrons. The van der Waals surface area contributed by atoms with E-state index >= 15 is 0 Å². The highest BCUT2D eigenvalue weighted by Crippen LogP contribution is 2.25. The van der Waals surface area contributed by atoms with Crippen LogP contribution in [0.2, 0.25) is 0 Å². The molecule has 0 aliphatic carbocycles. The third-order valence-corrected chi connectivity index (χ3v) is 9.10. The lowest BCUT2D eigenvalue weighted by molar-refractivity contribution is -0.143. The quantitative estimate of drug-likeness (QED) is 0.210. The van der Waals surface area contributed by atoms with Crippen LogP contribution in [0.3, 0.4) is 0 Å². The van der Waals surface area contributed by atoms with Crippen molar-refractivity contribution in [2.75, 3.05) is 7.05 Å². The normalized spacial score (nSPS) is 13.0. The number of hydrogen-bond acceptors (Lipinski definition) is 7. The first-order valence-corrected chi connectivity index (χ1v) is 14.8. The van der Waals surface area contributed by atoms with Crippen molar-refractivity contribution in [1.82, 2.24) is 18.8 Å². The number of aromatic nitrogens is 2. The van der Waals surface area contributed by atoms with E-state index in [4.69, 9.17) is 0 Å². The lowest BCUT2D eigenvalue weighted by atomic mass is 9.97. The molecular weight excluding hydrogens is 592 g/mol. The lowest BCUT2D eigenvalue weighted by Gasteiger charge is -2.28. The van der Waals surface area contributed by atoms with Gasteiger partial charge in [0.15, 0.2) is 0 Å². The zero-order chi connectivity index (χ0) is 32.2. The zero-order valence-corrected chi connectivity index (χ0v) is 24.6. The number of hydrogen-bond donors (Lipinski definition) is 3. The second-order valence-corrected chi connectivity index (χ2v) is 12.1. The predicted octanol–water partition coefficient (Wildman–Crippen LogP) is 1.36. The molecule has 0 bridgehead atoms. The number of carbonyl (C=O) groups excluding carboxylic acids is 1. The number of aryl methyl sites for hydroxylation is 1. The van der Waals surface area contributed by atoms with Gasteiger partial charge >= 0.3 is 17.6 Å². The number of nitrogens with zero attached hydrogens (tertiary/aromatic N) is 3. The fourth-order valence-electron chi connectivity index (χ4n) is 4.87. The Morgan fingerprint density at radius 2 is 1.57 bits per heavy atom. The van der Waals surface area contributed by atoms with Gasteiger partial charge < -0.3 is 20.1 Å². The van der Waals surface area contributed by atoms with Crippen molar-refractivity contribution in [3.05, 3.63) is 105 Å². The third kappa shape index (κ3) is 6.61. The van der Waals surface area contributed by atoms with E-state index in [1.807, 2.05) is 0 Å². The fraction of sp³-hybridized carbons (Fsp3) is 0.233. The Hall–Kier alpha value is -5.08. The van der Waals surface area contributed by atoms with Gasteiger partial charge in [0.25, 0.3) is 5.56 Å². The smallest absolute Gasteiger partial charge is 0.335 e. The van der Waals surface area contributed by atoms with Crippen LogP contribution >= 0.6 is 0 Å². The standard InChI is InChI=1S/C30H30N4O9S/c1-32-17-16-26(35)34(30(32)41)24-13-7-11-21-19(8-6-12-22(21)24)18-23(29(39)40)31-28(38)25(14-15-27(36)37)33(2)44(42,43)20-9-4-3-5-10-20/h3-13,16-17,23,25H,14-15,18H2,1-2H3,(H,31,38)(H,36,37)(H,39,40)/t23-,25+/m0/s1. The molecule has 1 heterocycles. The molecule has 44 heavy (non-hydrogen) atoms. The number of carbonyl (C=O) groups is 3. The van der Waals surface area contributed by atoms with Gasteiger partial charge in [-0.15, -0.1) is 0 Å². The van der Waals surface area contributed by atoms with Gasteiger partial charge in [0.1, 0.15) is 12.1 Å². The Balaban J connectivity index is 1.68. The van der Waals surface area contributed by atoms with Gasteiger partial charge in [-0.1, -0.05) is 48.5 Å². The molecule has 4 aromatic rings. The van der Waals surface area contributed by atoms with Crippen LogP contribution in [0.15, 0.2) is 93.5 Å². The molecule has 0 aliphatic heterocycles. The molecule has 0 saturated heterocycles. The van der Waals surface area contributed by atoms with Crippen molar-refractivity contribution in [2.45, 2.75) is 36.2 Å². The number of carboxylic acid groups (broad SMARTS) is 2. The van der Waals surface area contributed by atoms with Crippen LogP contribution in [-0.2, 0) is 37.9 Å². The number of likely N-dealkylation sites (N-methyl/N-ethyl adjacent to an activating group) is 1. The van der Waals surface area contributed by atoms with Crippen molar-refractivity contribution >= 4 is 38.6 Å². The number of benzene rings is 3. The molecule has 4 rings (SSSR count). The first kappa shape index (κ1) is 31.8. The molecule has 2 atom stereocenters. The number of carboxylic acids is 2.